The van der Waals surface area contributed by atoms with Gasteiger partial charge in [0.2, 0.25) is 0 Å². The summed E-state index contributed by atoms with van der Waals surface area (Å²) in [4.78, 5) is 2.42. The Bertz CT molecular complexity index is 347. The molecule has 0 amide bonds. The lowest BCUT2D eigenvalue weighted by atomic mass is 10.1. The minimum Gasteiger partial charge on any atom is -0.355 e. The first-order valence-corrected chi connectivity index (χ1v) is 6.69. The van der Waals surface area contributed by atoms with Crippen LogP contribution in [0.5, 0.6) is 0 Å². The van der Waals surface area contributed by atoms with Gasteiger partial charge in [0, 0.05) is 44.5 Å². The molecule has 2 rings (SSSR count). The quantitative estimate of drug-likeness (QED) is 0.849. The molecule has 0 bridgehead atoms. The Morgan fingerprint density at radius 2 is 2.18 bits per heavy atom. The molecule has 4 nitrogen and oxygen atoms in total. The van der Waals surface area contributed by atoms with Crippen LogP contribution in [0.4, 0.5) is 5.82 Å². The van der Waals surface area contributed by atoms with E-state index in [1.54, 1.807) is 0 Å². The number of aryl methyl sites for hydroxylation is 1. The molecular weight excluding hydrogens is 212 g/mol. The van der Waals surface area contributed by atoms with Gasteiger partial charge in [-0.15, -0.1) is 0 Å². The van der Waals surface area contributed by atoms with Crippen molar-refractivity contribution in [2.24, 2.45) is 7.05 Å². The SMILES string of the molecule is CCC1CCN(c2ccn(C)n2)CCC(C)N1. The number of nitrogens with zero attached hydrogens (tertiary/aromatic N) is 3. The summed E-state index contributed by atoms with van der Waals surface area (Å²) in [6.45, 7) is 6.75. The van der Waals surface area contributed by atoms with Crippen LogP contribution in [0.2, 0.25) is 0 Å². The van der Waals surface area contributed by atoms with E-state index in [2.05, 4.69) is 35.2 Å². The van der Waals surface area contributed by atoms with Crippen LogP contribution in [-0.4, -0.2) is 35.0 Å². The number of nitrogens with one attached hydrogen (secondary N) is 1. The highest BCUT2D eigenvalue weighted by molar-refractivity contribution is 5.36. The van der Waals surface area contributed by atoms with E-state index in [1.165, 1.54) is 19.3 Å². The molecule has 2 unspecified atom stereocenters. The lowest BCUT2D eigenvalue weighted by molar-refractivity contribution is 0.377. The average Bonchev–Trinajstić information content (AvgIpc) is 2.70. The van der Waals surface area contributed by atoms with Crippen LogP contribution in [0.25, 0.3) is 0 Å². The normalized spacial score (nSPS) is 26.6. The molecule has 96 valence electrons. The molecule has 1 fully saturated rings. The summed E-state index contributed by atoms with van der Waals surface area (Å²) >= 11 is 0. The van der Waals surface area contributed by atoms with Gasteiger partial charge in [-0.2, -0.15) is 5.10 Å². The van der Waals surface area contributed by atoms with E-state index in [1.807, 2.05) is 17.9 Å². The highest BCUT2D eigenvalue weighted by atomic mass is 15.3. The first kappa shape index (κ1) is 12.4. The molecule has 17 heavy (non-hydrogen) atoms. The van der Waals surface area contributed by atoms with Crippen molar-refractivity contribution in [2.75, 3.05) is 18.0 Å². The van der Waals surface area contributed by atoms with Gasteiger partial charge in [0.1, 0.15) is 0 Å². The Hall–Kier alpha value is -1.03. The number of hydrogen-bond acceptors (Lipinski definition) is 3. The predicted octanol–water partition coefficient (Wildman–Crippen LogP) is 1.78. The Labute approximate surface area is 104 Å². The van der Waals surface area contributed by atoms with Crippen molar-refractivity contribution in [2.45, 2.75) is 45.2 Å². The van der Waals surface area contributed by atoms with Gasteiger partial charge in [0.25, 0.3) is 0 Å². The predicted molar refractivity (Wildman–Crippen MR) is 71.3 cm³/mol. The molecule has 2 atom stereocenters. The Balaban J connectivity index is 2.03. The minimum absolute atomic E-state index is 0.603. The van der Waals surface area contributed by atoms with Crippen LogP contribution >= 0.6 is 0 Å². The maximum Gasteiger partial charge on any atom is 0.150 e. The van der Waals surface area contributed by atoms with Crippen LogP contribution in [-0.2, 0) is 7.05 Å². The Kier molecular flexibility index (Phi) is 4.05. The number of anilines is 1. The van der Waals surface area contributed by atoms with E-state index >= 15 is 0 Å². The molecule has 0 saturated carbocycles. The fourth-order valence-electron chi connectivity index (χ4n) is 2.46. The maximum absolute atomic E-state index is 4.50. The van der Waals surface area contributed by atoms with E-state index in [-0.39, 0.29) is 0 Å². The van der Waals surface area contributed by atoms with Crippen LogP contribution in [0.3, 0.4) is 0 Å². The highest BCUT2D eigenvalue weighted by Crippen LogP contribution is 2.15. The Morgan fingerprint density at radius 3 is 2.82 bits per heavy atom. The van der Waals surface area contributed by atoms with E-state index in [0.717, 1.165) is 18.9 Å². The highest BCUT2D eigenvalue weighted by Gasteiger charge is 2.18. The second kappa shape index (κ2) is 5.54. The fourth-order valence-corrected chi connectivity index (χ4v) is 2.46. The number of rotatable bonds is 2. The third kappa shape index (κ3) is 3.22. The third-order valence-electron chi connectivity index (χ3n) is 3.62. The van der Waals surface area contributed by atoms with Gasteiger partial charge in [-0.3, -0.25) is 4.68 Å². The molecule has 1 aliphatic rings. The lowest BCUT2D eigenvalue weighted by Crippen LogP contribution is -2.44. The summed E-state index contributed by atoms with van der Waals surface area (Å²) in [7, 11) is 1.98. The smallest absolute Gasteiger partial charge is 0.150 e. The second-order valence-corrected chi connectivity index (χ2v) is 5.08. The van der Waals surface area contributed by atoms with Crippen LogP contribution in [0.15, 0.2) is 12.3 Å². The summed E-state index contributed by atoms with van der Waals surface area (Å²) in [5.41, 5.74) is 0. The summed E-state index contributed by atoms with van der Waals surface area (Å²) < 4.78 is 1.88. The summed E-state index contributed by atoms with van der Waals surface area (Å²) in [6, 6.07) is 3.36. The molecule has 0 aliphatic carbocycles. The van der Waals surface area contributed by atoms with Crippen LogP contribution < -0.4 is 10.2 Å². The monoisotopic (exact) mass is 236 g/mol. The van der Waals surface area contributed by atoms with Gasteiger partial charge in [0.05, 0.1) is 0 Å². The van der Waals surface area contributed by atoms with Crippen molar-refractivity contribution >= 4 is 5.82 Å². The molecule has 0 spiro atoms. The molecule has 0 radical (unpaired) electrons. The largest absolute Gasteiger partial charge is 0.355 e. The topological polar surface area (TPSA) is 33.1 Å². The van der Waals surface area contributed by atoms with Gasteiger partial charge in [-0.25, -0.2) is 0 Å². The van der Waals surface area contributed by atoms with Gasteiger partial charge in [-0.1, -0.05) is 6.92 Å². The van der Waals surface area contributed by atoms with Gasteiger partial charge in [-0.05, 0) is 26.2 Å². The molecule has 2 heterocycles. The van der Waals surface area contributed by atoms with Crippen LogP contribution in [0.1, 0.15) is 33.1 Å². The first-order valence-electron chi connectivity index (χ1n) is 6.69. The zero-order valence-electron chi connectivity index (χ0n) is 11.2. The van der Waals surface area contributed by atoms with E-state index in [0.29, 0.717) is 12.1 Å². The standard InChI is InChI=1S/C13H24N4/c1-4-12-6-10-17(9-5-11(2)14-12)13-7-8-16(3)15-13/h7-8,11-12,14H,4-6,9-10H2,1-3H3. The van der Waals surface area contributed by atoms with Crippen molar-refractivity contribution in [3.8, 4) is 0 Å². The molecular formula is C13H24N4. The van der Waals surface area contributed by atoms with Crippen molar-refractivity contribution < 1.29 is 0 Å². The van der Waals surface area contributed by atoms with Crippen LogP contribution in [0, 0.1) is 0 Å². The van der Waals surface area contributed by atoms with E-state index < -0.39 is 0 Å². The second-order valence-electron chi connectivity index (χ2n) is 5.08. The third-order valence-corrected chi connectivity index (χ3v) is 3.62. The maximum atomic E-state index is 4.50. The summed E-state index contributed by atoms with van der Waals surface area (Å²) in [6.07, 6.45) is 5.62. The van der Waals surface area contributed by atoms with Crippen molar-refractivity contribution in [3.05, 3.63) is 12.3 Å². The number of hydrogen-bond donors (Lipinski definition) is 1. The molecule has 1 aromatic heterocycles. The van der Waals surface area contributed by atoms with Gasteiger partial charge < -0.3 is 10.2 Å². The van der Waals surface area contributed by atoms with Crippen molar-refractivity contribution in [3.63, 3.8) is 0 Å². The lowest BCUT2D eigenvalue weighted by Gasteiger charge is -2.32. The molecule has 1 aromatic rings. The van der Waals surface area contributed by atoms with Crippen molar-refractivity contribution in [1.82, 2.24) is 15.1 Å². The zero-order chi connectivity index (χ0) is 12.3. The summed E-state index contributed by atoms with van der Waals surface area (Å²) in [5.74, 6) is 1.12. The molecule has 4 heteroatoms. The van der Waals surface area contributed by atoms with E-state index in [9.17, 15) is 0 Å². The number of aromatic nitrogens is 2. The minimum atomic E-state index is 0.603. The van der Waals surface area contributed by atoms with E-state index in [4.69, 9.17) is 0 Å². The van der Waals surface area contributed by atoms with Gasteiger partial charge in [0.15, 0.2) is 5.82 Å². The average molecular weight is 236 g/mol. The van der Waals surface area contributed by atoms with Gasteiger partial charge >= 0.3 is 0 Å². The fraction of sp³-hybridized carbons (Fsp3) is 0.769. The molecule has 1 N–H and O–H groups in total. The molecule has 0 aromatic carbocycles. The Morgan fingerprint density at radius 1 is 1.41 bits per heavy atom. The molecule has 1 saturated heterocycles. The summed E-state index contributed by atoms with van der Waals surface area (Å²) in [5, 5.41) is 8.20. The molecule has 1 aliphatic heterocycles. The first-order chi connectivity index (χ1) is 8.19. The van der Waals surface area contributed by atoms with Crippen molar-refractivity contribution in [1.29, 1.82) is 0 Å². The zero-order valence-corrected chi connectivity index (χ0v) is 11.2.